The van der Waals surface area contributed by atoms with Gasteiger partial charge in [-0.1, -0.05) is 0 Å². The van der Waals surface area contributed by atoms with Crippen molar-refractivity contribution in [1.29, 1.82) is 0 Å². The third-order valence-electron chi connectivity index (χ3n) is 1.36. The monoisotopic (exact) mass is 153 g/mol. The number of hydrogen-bond acceptors (Lipinski definition) is 4. The Morgan fingerprint density at radius 2 is 2.09 bits per heavy atom. The van der Waals surface area contributed by atoms with Crippen molar-refractivity contribution in [2.24, 2.45) is 5.73 Å². The van der Waals surface area contributed by atoms with Gasteiger partial charge in [0.2, 0.25) is 0 Å². The molecule has 0 saturated carbocycles. The van der Waals surface area contributed by atoms with Crippen LogP contribution in [0, 0.1) is 0 Å². The molecule has 11 heavy (non-hydrogen) atoms. The van der Waals surface area contributed by atoms with Crippen molar-refractivity contribution in [3.63, 3.8) is 0 Å². The van der Waals surface area contributed by atoms with Crippen LogP contribution < -0.4 is 5.73 Å². The van der Waals surface area contributed by atoms with Crippen molar-refractivity contribution in [3.8, 4) is 0 Å². The van der Waals surface area contributed by atoms with Gasteiger partial charge >= 0.3 is 0 Å². The van der Waals surface area contributed by atoms with Crippen LogP contribution in [0.4, 0.5) is 0 Å². The lowest BCUT2D eigenvalue weighted by atomic mass is 10.2. The normalized spacial score (nSPS) is 12.9. The van der Waals surface area contributed by atoms with Crippen LogP contribution in [0.3, 0.4) is 0 Å². The molecule has 0 fully saturated rings. The third-order valence-corrected chi connectivity index (χ3v) is 1.36. The van der Waals surface area contributed by atoms with Crippen LogP contribution in [0.15, 0.2) is 18.5 Å². The summed E-state index contributed by atoms with van der Waals surface area (Å²) in [4.78, 5) is 7.90. The van der Waals surface area contributed by atoms with Crippen LogP contribution >= 0.6 is 0 Å². The minimum absolute atomic E-state index is 0.0689. The molecule has 0 spiro atoms. The topological polar surface area (TPSA) is 72.0 Å². The first-order chi connectivity index (χ1) is 5.34. The van der Waals surface area contributed by atoms with Crippen molar-refractivity contribution in [3.05, 3.63) is 24.3 Å². The molecule has 0 aromatic carbocycles. The number of hydrogen-bond donors (Lipinski definition) is 2. The summed E-state index contributed by atoms with van der Waals surface area (Å²) in [6.07, 6.45) is 3.78. The molecule has 0 radical (unpaired) electrons. The zero-order valence-corrected chi connectivity index (χ0v) is 6.14. The molecule has 0 aliphatic carbocycles. The summed E-state index contributed by atoms with van der Waals surface area (Å²) in [7, 11) is 0. The van der Waals surface area contributed by atoms with Gasteiger partial charge in [0.1, 0.15) is 5.82 Å². The largest absolute Gasteiger partial charge is 0.396 e. The lowest BCUT2D eigenvalue weighted by Crippen LogP contribution is -2.14. The first-order valence-electron chi connectivity index (χ1n) is 3.48. The van der Waals surface area contributed by atoms with E-state index in [9.17, 15) is 0 Å². The number of aliphatic hydroxyl groups excluding tert-OH is 1. The predicted octanol–water partition coefficient (Wildman–Crippen LogP) is -0.141. The maximum Gasteiger partial charge on any atom is 0.144 e. The molecular formula is C7H11N3O. The van der Waals surface area contributed by atoms with Crippen molar-refractivity contribution in [1.82, 2.24) is 9.97 Å². The molecule has 0 saturated heterocycles. The molecule has 0 aliphatic rings. The lowest BCUT2D eigenvalue weighted by molar-refractivity contribution is 0.274. The Kier molecular flexibility index (Phi) is 2.95. The quantitative estimate of drug-likeness (QED) is 0.634. The van der Waals surface area contributed by atoms with E-state index in [1.54, 1.807) is 18.5 Å². The molecule has 1 heterocycles. The molecule has 1 rings (SSSR count). The van der Waals surface area contributed by atoms with Crippen LogP contribution in [0.25, 0.3) is 0 Å². The Labute approximate surface area is 65.1 Å². The van der Waals surface area contributed by atoms with E-state index in [4.69, 9.17) is 10.8 Å². The van der Waals surface area contributed by atoms with Gasteiger partial charge in [0.15, 0.2) is 0 Å². The summed E-state index contributed by atoms with van der Waals surface area (Å²) in [5.74, 6) is 0.585. The first-order valence-corrected chi connectivity index (χ1v) is 3.48. The zero-order chi connectivity index (χ0) is 8.10. The summed E-state index contributed by atoms with van der Waals surface area (Å²) in [5, 5.41) is 8.56. The molecule has 1 atom stereocenters. The van der Waals surface area contributed by atoms with E-state index in [0.29, 0.717) is 12.2 Å². The van der Waals surface area contributed by atoms with E-state index in [1.165, 1.54) is 0 Å². The summed E-state index contributed by atoms with van der Waals surface area (Å²) in [5.41, 5.74) is 5.62. The number of nitrogens with zero attached hydrogens (tertiary/aromatic N) is 2. The number of nitrogens with two attached hydrogens (primary N) is 1. The average Bonchev–Trinajstić information content (AvgIpc) is 2.07. The first kappa shape index (κ1) is 8.10. The SMILES string of the molecule is N[C@H](CCO)c1ncccn1. The van der Waals surface area contributed by atoms with Crippen molar-refractivity contribution in [2.75, 3.05) is 6.61 Å². The van der Waals surface area contributed by atoms with E-state index in [1.807, 2.05) is 0 Å². The minimum Gasteiger partial charge on any atom is -0.396 e. The highest BCUT2D eigenvalue weighted by molar-refractivity contribution is 4.94. The van der Waals surface area contributed by atoms with E-state index in [2.05, 4.69) is 9.97 Å². The van der Waals surface area contributed by atoms with Crippen LogP contribution in [-0.4, -0.2) is 21.7 Å². The number of rotatable bonds is 3. The summed E-state index contributed by atoms with van der Waals surface area (Å²) in [6, 6.07) is 1.48. The highest BCUT2D eigenvalue weighted by atomic mass is 16.3. The van der Waals surface area contributed by atoms with Crippen molar-refractivity contribution in [2.45, 2.75) is 12.5 Å². The van der Waals surface area contributed by atoms with Crippen LogP contribution in [0.2, 0.25) is 0 Å². The highest BCUT2D eigenvalue weighted by Gasteiger charge is 2.05. The van der Waals surface area contributed by atoms with Gasteiger partial charge in [-0.3, -0.25) is 0 Å². The van der Waals surface area contributed by atoms with Gasteiger partial charge in [-0.05, 0) is 12.5 Å². The lowest BCUT2D eigenvalue weighted by Gasteiger charge is -2.06. The summed E-state index contributed by atoms with van der Waals surface area (Å²) < 4.78 is 0. The number of aromatic nitrogens is 2. The minimum atomic E-state index is -0.249. The summed E-state index contributed by atoms with van der Waals surface area (Å²) in [6.45, 7) is 0.0689. The molecule has 1 aromatic heterocycles. The van der Waals surface area contributed by atoms with Gasteiger partial charge < -0.3 is 10.8 Å². The van der Waals surface area contributed by atoms with Crippen molar-refractivity contribution >= 4 is 0 Å². The fourth-order valence-electron chi connectivity index (χ4n) is 0.770. The molecule has 1 aromatic rings. The Morgan fingerprint density at radius 3 is 2.64 bits per heavy atom. The van der Waals surface area contributed by atoms with Gasteiger partial charge in [0.25, 0.3) is 0 Å². The Morgan fingerprint density at radius 1 is 1.45 bits per heavy atom. The fourth-order valence-corrected chi connectivity index (χ4v) is 0.770. The second-order valence-corrected chi connectivity index (χ2v) is 2.23. The Hall–Kier alpha value is -1.00. The predicted molar refractivity (Wildman–Crippen MR) is 40.7 cm³/mol. The van der Waals surface area contributed by atoms with Crippen LogP contribution in [0.1, 0.15) is 18.3 Å². The maximum absolute atomic E-state index is 8.56. The molecule has 60 valence electrons. The average molecular weight is 153 g/mol. The van der Waals surface area contributed by atoms with E-state index < -0.39 is 0 Å². The van der Waals surface area contributed by atoms with Gasteiger partial charge in [0, 0.05) is 19.0 Å². The Balaban J connectivity index is 2.61. The Bertz CT molecular complexity index is 202. The second-order valence-electron chi connectivity index (χ2n) is 2.23. The van der Waals surface area contributed by atoms with Crippen LogP contribution in [-0.2, 0) is 0 Å². The summed E-state index contributed by atoms with van der Waals surface area (Å²) >= 11 is 0. The molecule has 4 heteroatoms. The van der Waals surface area contributed by atoms with Gasteiger partial charge in [0.05, 0.1) is 6.04 Å². The molecule has 0 unspecified atom stereocenters. The standard InChI is InChI=1S/C7H11N3O/c8-6(2-5-11)7-9-3-1-4-10-7/h1,3-4,6,11H,2,5,8H2/t6-/m1/s1. The van der Waals surface area contributed by atoms with Gasteiger partial charge in [-0.25, -0.2) is 9.97 Å². The second kappa shape index (κ2) is 4.00. The molecule has 3 N–H and O–H groups in total. The smallest absolute Gasteiger partial charge is 0.144 e. The zero-order valence-electron chi connectivity index (χ0n) is 6.14. The third kappa shape index (κ3) is 2.25. The molecule has 0 bridgehead atoms. The van der Waals surface area contributed by atoms with Crippen LogP contribution in [0.5, 0.6) is 0 Å². The van der Waals surface area contributed by atoms with E-state index >= 15 is 0 Å². The van der Waals surface area contributed by atoms with Crippen molar-refractivity contribution < 1.29 is 5.11 Å². The fraction of sp³-hybridized carbons (Fsp3) is 0.429. The molecular weight excluding hydrogens is 142 g/mol. The molecule has 4 nitrogen and oxygen atoms in total. The molecule has 0 amide bonds. The van der Waals surface area contributed by atoms with Gasteiger partial charge in [-0.15, -0.1) is 0 Å². The van der Waals surface area contributed by atoms with Gasteiger partial charge in [-0.2, -0.15) is 0 Å². The highest BCUT2D eigenvalue weighted by Crippen LogP contribution is 2.05. The number of aliphatic hydroxyl groups is 1. The maximum atomic E-state index is 8.56. The molecule has 0 aliphatic heterocycles. The van der Waals surface area contributed by atoms with E-state index in [0.717, 1.165) is 0 Å². The van der Waals surface area contributed by atoms with E-state index in [-0.39, 0.29) is 12.6 Å².